The Hall–Kier alpha value is -1.49. The lowest BCUT2D eigenvalue weighted by atomic mass is 9.81. The number of aromatic nitrogens is 2. The predicted octanol–water partition coefficient (Wildman–Crippen LogP) is 2.78. The fourth-order valence-electron chi connectivity index (χ4n) is 1.74. The van der Waals surface area contributed by atoms with Crippen LogP contribution in [0.1, 0.15) is 25.2 Å². The van der Waals surface area contributed by atoms with Crippen LogP contribution in [0.5, 0.6) is 0 Å². The van der Waals surface area contributed by atoms with Crippen LogP contribution in [-0.2, 0) is 11.8 Å². The SMILES string of the molecule is CC(C)(Cc1nsc(N)n1)c1ccc(F)cc1. The van der Waals surface area contributed by atoms with Crippen LogP contribution in [0.15, 0.2) is 24.3 Å². The zero-order chi connectivity index (χ0) is 12.5. The molecule has 0 saturated heterocycles. The van der Waals surface area contributed by atoms with Gasteiger partial charge < -0.3 is 5.73 Å². The lowest BCUT2D eigenvalue weighted by molar-refractivity contribution is 0.508. The second kappa shape index (κ2) is 4.41. The third-order valence-electron chi connectivity index (χ3n) is 2.71. The summed E-state index contributed by atoms with van der Waals surface area (Å²) >= 11 is 1.20. The van der Waals surface area contributed by atoms with Crippen molar-refractivity contribution in [3.8, 4) is 0 Å². The Balaban J connectivity index is 2.21. The van der Waals surface area contributed by atoms with Crippen LogP contribution in [0.2, 0.25) is 0 Å². The molecule has 0 fully saturated rings. The molecule has 0 aliphatic heterocycles. The molecule has 0 bridgehead atoms. The summed E-state index contributed by atoms with van der Waals surface area (Å²) in [6.07, 6.45) is 0.687. The van der Waals surface area contributed by atoms with Crippen LogP contribution in [0, 0.1) is 5.82 Å². The molecule has 1 heterocycles. The Morgan fingerprint density at radius 1 is 1.29 bits per heavy atom. The van der Waals surface area contributed by atoms with Crippen LogP contribution >= 0.6 is 11.5 Å². The molecule has 0 radical (unpaired) electrons. The van der Waals surface area contributed by atoms with Gasteiger partial charge in [-0.15, -0.1) is 0 Å². The fourth-order valence-corrected chi connectivity index (χ4v) is 2.19. The number of hydrogen-bond acceptors (Lipinski definition) is 4. The van der Waals surface area contributed by atoms with Gasteiger partial charge in [-0.3, -0.25) is 0 Å². The molecule has 0 atom stereocenters. The minimum atomic E-state index is -0.222. The molecule has 1 aromatic heterocycles. The topological polar surface area (TPSA) is 51.8 Å². The monoisotopic (exact) mass is 251 g/mol. The Morgan fingerprint density at radius 3 is 2.47 bits per heavy atom. The maximum absolute atomic E-state index is 12.9. The zero-order valence-electron chi connectivity index (χ0n) is 9.77. The van der Waals surface area contributed by atoms with Crippen molar-refractivity contribution in [1.29, 1.82) is 0 Å². The molecule has 3 nitrogen and oxygen atoms in total. The van der Waals surface area contributed by atoms with Crippen LogP contribution in [0.3, 0.4) is 0 Å². The van der Waals surface area contributed by atoms with Crippen LogP contribution in [0.25, 0.3) is 0 Å². The Bertz CT molecular complexity index is 505. The summed E-state index contributed by atoms with van der Waals surface area (Å²) in [4.78, 5) is 4.15. The Morgan fingerprint density at radius 2 is 1.94 bits per heavy atom. The van der Waals surface area contributed by atoms with Crippen molar-refractivity contribution in [2.24, 2.45) is 0 Å². The third kappa shape index (κ3) is 2.79. The largest absolute Gasteiger partial charge is 0.374 e. The van der Waals surface area contributed by atoms with Gasteiger partial charge in [0.15, 0.2) is 5.13 Å². The first-order valence-electron chi connectivity index (χ1n) is 5.31. The van der Waals surface area contributed by atoms with E-state index in [9.17, 15) is 4.39 Å². The summed E-state index contributed by atoms with van der Waals surface area (Å²) in [5.74, 6) is 0.516. The molecule has 2 aromatic rings. The van der Waals surface area contributed by atoms with E-state index < -0.39 is 0 Å². The van der Waals surface area contributed by atoms with Gasteiger partial charge in [0.1, 0.15) is 11.6 Å². The van der Waals surface area contributed by atoms with Gasteiger partial charge in [-0.1, -0.05) is 26.0 Å². The number of benzene rings is 1. The van der Waals surface area contributed by atoms with Crippen molar-refractivity contribution in [3.05, 3.63) is 41.5 Å². The fraction of sp³-hybridized carbons (Fsp3) is 0.333. The van der Waals surface area contributed by atoms with Gasteiger partial charge in [0.05, 0.1) is 0 Å². The maximum atomic E-state index is 12.9. The van der Waals surface area contributed by atoms with E-state index in [1.807, 2.05) is 0 Å². The van der Waals surface area contributed by atoms with Crippen LogP contribution in [0.4, 0.5) is 9.52 Å². The van der Waals surface area contributed by atoms with Crippen molar-refractivity contribution in [2.75, 3.05) is 5.73 Å². The van der Waals surface area contributed by atoms with E-state index in [0.717, 1.165) is 11.4 Å². The molecule has 0 saturated carbocycles. The van der Waals surface area contributed by atoms with Gasteiger partial charge in [0, 0.05) is 18.0 Å². The van der Waals surface area contributed by atoms with Crippen molar-refractivity contribution in [2.45, 2.75) is 25.7 Å². The predicted molar refractivity (Wildman–Crippen MR) is 67.5 cm³/mol. The molecule has 90 valence electrons. The molecule has 0 aliphatic carbocycles. The van der Waals surface area contributed by atoms with Crippen molar-refractivity contribution < 1.29 is 4.39 Å². The molecule has 0 unspecified atom stereocenters. The van der Waals surface area contributed by atoms with Crippen LogP contribution < -0.4 is 5.73 Å². The number of nitrogens with two attached hydrogens (primary N) is 1. The second-order valence-corrected chi connectivity index (χ2v) is 5.40. The zero-order valence-corrected chi connectivity index (χ0v) is 10.6. The number of halogens is 1. The molecule has 0 aliphatic rings. The summed E-state index contributed by atoms with van der Waals surface area (Å²) in [6, 6.07) is 6.54. The highest BCUT2D eigenvalue weighted by Crippen LogP contribution is 2.27. The molecule has 17 heavy (non-hydrogen) atoms. The number of anilines is 1. The molecular formula is C12H14FN3S. The third-order valence-corrected chi connectivity index (χ3v) is 3.29. The molecule has 5 heteroatoms. The summed E-state index contributed by atoms with van der Waals surface area (Å²) in [7, 11) is 0. The average Bonchev–Trinajstić information content (AvgIpc) is 2.63. The lowest BCUT2D eigenvalue weighted by Gasteiger charge is -2.23. The van der Waals surface area contributed by atoms with Crippen molar-refractivity contribution in [1.82, 2.24) is 9.36 Å². The molecule has 2 rings (SSSR count). The van der Waals surface area contributed by atoms with E-state index in [0.29, 0.717) is 11.6 Å². The number of nitrogens with zero attached hydrogens (tertiary/aromatic N) is 2. The number of rotatable bonds is 3. The van der Waals surface area contributed by atoms with Gasteiger partial charge in [0.25, 0.3) is 0 Å². The van der Waals surface area contributed by atoms with Gasteiger partial charge >= 0.3 is 0 Å². The Labute approximate surface area is 104 Å². The summed E-state index contributed by atoms with van der Waals surface area (Å²) in [5, 5.41) is 0.481. The molecule has 0 amide bonds. The number of hydrogen-bond donors (Lipinski definition) is 1. The smallest absolute Gasteiger partial charge is 0.199 e. The van der Waals surface area contributed by atoms with E-state index in [2.05, 4.69) is 23.2 Å². The first kappa shape index (κ1) is 12.0. The van der Waals surface area contributed by atoms with E-state index in [-0.39, 0.29) is 11.2 Å². The standard InChI is InChI=1S/C12H14FN3S/c1-12(2,7-10-15-11(14)17-16-10)8-3-5-9(13)6-4-8/h3-6H,7H2,1-2H3,(H2,14,15,16). The molecular weight excluding hydrogens is 237 g/mol. The number of nitrogen functional groups attached to an aromatic ring is 1. The minimum absolute atomic E-state index is 0.138. The van der Waals surface area contributed by atoms with Gasteiger partial charge in [-0.05, 0) is 23.1 Å². The summed E-state index contributed by atoms with van der Waals surface area (Å²) in [5.41, 5.74) is 6.48. The van der Waals surface area contributed by atoms with Crippen molar-refractivity contribution in [3.63, 3.8) is 0 Å². The second-order valence-electron chi connectivity index (χ2n) is 4.62. The van der Waals surface area contributed by atoms with E-state index in [4.69, 9.17) is 5.73 Å². The highest BCUT2D eigenvalue weighted by molar-refractivity contribution is 7.09. The normalized spacial score (nSPS) is 11.7. The highest BCUT2D eigenvalue weighted by atomic mass is 32.1. The van der Waals surface area contributed by atoms with Gasteiger partial charge in [-0.2, -0.15) is 4.37 Å². The van der Waals surface area contributed by atoms with Gasteiger partial charge in [0.2, 0.25) is 0 Å². The average molecular weight is 251 g/mol. The van der Waals surface area contributed by atoms with Gasteiger partial charge in [-0.25, -0.2) is 9.37 Å². The van der Waals surface area contributed by atoms with E-state index >= 15 is 0 Å². The van der Waals surface area contributed by atoms with E-state index in [1.165, 1.54) is 23.7 Å². The lowest BCUT2D eigenvalue weighted by Crippen LogP contribution is -2.21. The van der Waals surface area contributed by atoms with E-state index in [1.54, 1.807) is 12.1 Å². The van der Waals surface area contributed by atoms with Crippen molar-refractivity contribution >= 4 is 16.7 Å². The summed E-state index contributed by atoms with van der Waals surface area (Å²) in [6.45, 7) is 4.16. The highest BCUT2D eigenvalue weighted by Gasteiger charge is 2.23. The Kier molecular flexibility index (Phi) is 3.11. The molecule has 2 N–H and O–H groups in total. The first-order valence-corrected chi connectivity index (χ1v) is 6.09. The minimum Gasteiger partial charge on any atom is -0.374 e. The summed E-state index contributed by atoms with van der Waals surface area (Å²) < 4.78 is 17.0. The maximum Gasteiger partial charge on any atom is 0.199 e. The first-order chi connectivity index (χ1) is 7.97. The molecule has 0 spiro atoms. The quantitative estimate of drug-likeness (QED) is 0.912. The molecule has 1 aromatic carbocycles. The van der Waals surface area contributed by atoms with Crippen LogP contribution in [-0.4, -0.2) is 9.36 Å².